The van der Waals surface area contributed by atoms with Crippen LogP contribution in [0.5, 0.6) is 0 Å². The van der Waals surface area contributed by atoms with Crippen LogP contribution in [0.4, 0.5) is 14.9 Å². The average Bonchev–Trinajstić information content (AvgIpc) is 2.19. The average molecular weight is 223 g/mol. The van der Waals surface area contributed by atoms with Crippen molar-refractivity contribution in [2.45, 2.75) is 24.9 Å². The first-order chi connectivity index (χ1) is 7.63. The van der Waals surface area contributed by atoms with Gasteiger partial charge in [0.05, 0.1) is 0 Å². The van der Waals surface area contributed by atoms with E-state index in [1.165, 1.54) is 24.3 Å². The van der Waals surface area contributed by atoms with Crippen molar-refractivity contribution in [3.8, 4) is 0 Å². The molecule has 0 radical (unpaired) electrons. The molecule has 4 nitrogen and oxygen atoms in total. The zero-order valence-electron chi connectivity index (χ0n) is 8.74. The van der Waals surface area contributed by atoms with Crippen LogP contribution in [0, 0.1) is 5.82 Å². The Morgan fingerprint density at radius 3 is 2.50 bits per heavy atom. The lowest BCUT2D eigenvalue weighted by atomic mass is 9.88. The topological polar surface area (TPSA) is 67.1 Å². The van der Waals surface area contributed by atoms with Gasteiger partial charge in [-0.25, -0.2) is 9.18 Å². The second-order valence-corrected chi connectivity index (χ2v) is 4.03. The summed E-state index contributed by atoms with van der Waals surface area (Å²) < 4.78 is 12.6. The molecule has 0 unspecified atom stereocenters. The number of rotatable bonds is 2. The molecule has 0 saturated heterocycles. The van der Waals surface area contributed by atoms with Crippen LogP contribution in [0.1, 0.15) is 12.8 Å². The van der Waals surface area contributed by atoms with Gasteiger partial charge in [-0.3, -0.25) is 0 Å². The minimum absolute atomic E-state index is 0.162. The van der Waals surface area contributed by atoms with Gasteiger partial charge in [0.2, 0.25) is 0 Å². The molecule has 86 valence electrons. The molecule has 0 spiro atoms. The van der Waals surface area contributed by atoms with Crippen molar-refractivity contribution in [3.63, 3.8) is 0 Å². The standard InChI is InChI=1S/C11H14FN3O/c12-7-1-3-9(4-2-7)14-11(16)15-10-5-8(13)6-10/h1-4,8,10H,5-6,13H2,(H2,14,15,16). The van der Waals surface area contributed by atoms with E-state index in [4.69, 9.17) is 5.73 Å². The van der Waals surface area contributed by atoms with Crippen LogP contribution in [-0.2, 0) is 0 Å². The maximum atomic E-state index is 12.6. The molecule has 0 heterocycles. The van der Waals surface area contributed by atoms with Crippen LogP contribution < -0.4 is 16.4 Å². The minimum atomic E-state index is -0.323. The van der Waals surface area contributed by atoms with E-state index in [9.17, 15) is 9.18 Å². The van der Waals surface area contributed by atoms with Gasteiger partial charge in [0.1, 0.15) is 5.82 Å². The quantitative estimate of drug-likeness (QED) is 0.710. The predicted octanol–water partition coefficient (Wildman–Crippen LogP) is 1.44. The van der Waals surface area contributed by atoms with E-state index in [0.29, 0.717) is 5.69 Å². The third kappa shape index (κ3) is 2.70. The molecule has 0 atom stereocenters. The number of hydrogen-bond acceptors (Lipinski definition) is 2. The zero-order valence-corrected chi connectivity index (χ0v) is 8.74. The second-order valence-electron chi connectivity index (χ2n) is 4.03. The molecule has 1 fully saturated rings. The summed E-state index contributed by atoms with van der Waals surface area (Å²) >= 11 is 0. The second kappa shape index (κ2) is 4.49. The Kier molecular flexibility index (Phi) is 3.05. The van der Waals surface area contributed by atoms with Crippen molar-refractivity contribution in [1.82, 2.24) is 5.32 Å². The lowest BCUT2D eigenvalue weighted by molar-refractivity contribution is 0.234. The van der Waals surface area contributed by atoms with E-state index in [1.54, 1.807) is 0 Å². The predicted molar refractivity (Wildman–Crippen MR) is 59.6 cm³/mol. The summed E-state index contributed by atoms with van der Waals surface area (Å²) in [7, 11) is 0. The Labute approximate surface area is 93.0 Å². The lowest BCUT2D eigenvalue weighted by Crippen LogP contribution is -2.51. The molecule has 4 N–H and O–H groups in total. The van der Waals surface area contributed by atoms with E-state index in [-0.39, 0.29) is 23.9 Å². The Morgan fingerprint density at radius 1 is 1.31 bits per heavy atom. The highest BCUT2D eigenvalue weighted by molar-refractivity contribution is 5.89. The molecule has 2 amide bonds. The number of amides is 2. The Morgan fingerprint density at radius 2 is 1.94 bits per heavy atom. The maximum Gasteiger partial charge on any atom is 0.319 e. The highest BCUT2D eigenvalue weighted by atomic mass is 19.1. The molecule has 1 aromatic carbocycles. The number of urea groups is 1. The van der Waals surface area contributed by atoms with Gasteiger partial charge in [-0.1, -0.05) is 0 Å². The number of carbonyl (C=O) groups is 1. The van der Waals surface area contributed by atoms with Gasteiger partial charge >= 0.3 is 6.03 Å². The monoisotopic (exact) mass is 223 g/mol. The molecular formula is C11H14FN3O. The minimum Gasteiger partial charge on any atom is -0.335 e. The highest BCUT2D eigenvalue weighted by Crippen LogP contribution is 2.17. The molecule has 0 aliphatic heterocycles. The van der Waals surface area contributed by atoms with E-state index >= 15 is 0 Å². The fraction of sp³-hybridized carbons (Fsp3) is 0.364. The summed E-state index contributed by atoms with van der Waals surface area (Å²) in [6.45, 7) is 0. The van der Waals surface area contributed by atoms with Crippen molar-refractivity contribution in [3.05, 3.63) is 30.1 Å². The summed E-state index contributed by atoms with van der Waals surface area (Å²) in [6, 6.07) is 5.72. The number of anilines is 1. The van der Waals surface area contributed by atoms with Crippen molar-refractivity contribution in [2.24, 2.45) is 5.73 Å². The summed E-state index contributed by atoms with van der Waals surface area (Å²) in [5.74, 6) is -0.323. The van der Waals surface area contributed by atoms with E-state index < -0.39 is 0 Å². The van der Waals surface area contributed by atoms with Crippen LogP contribution in [0.3, 0.4) is 0 Å². The fourth-order valence-corrected chi connectivity index (χ4v) is 1.67. The largest absolute Gasteiger partial charge is 0.335 e. The molecule has 2 rings (SSSR count). The van der Waals surface area contributed by atoms with Crippen LogP contribution in [0.2, 0.25) is 0 Å². The first kappa shape index (κ1) is 10.9. The van der Waals surface area contributed by atoms with Gasteiger partial charge < -0.3 is 16.4 Å². The fourth-order valence-electron chi connectivity index (χ4n) is 1.67. The molecule has 5 heteroatoms. The van der Waals surface area contributed by atoms with Crippen molar-refractivity contribution >= 4 is 11.7 Å². The SMILES string of the molecule is NC1CC(NC(=O)Nc2ccc(F)cc2)C1. The number of nitrogens with two attached hydrogens (primary N) is 1. The number of hydrogen-bond donors (Lipinski definition) is 3. The van der Waals surface area contributed by atoms with Gasteiger partial charge in [-0.15, -0.1) is 0 Å². The molecule has 1 aromatic rings. The van der Waals surface area contributed by atoms with Crippen LogP contribution in [-0.4, -0.2) is 18.1 Å². The normalized spacial score (nSPS) is 23.4. The third-order valence-corrected chi connectivity index (χ3v) is 2.61. The smallest absolute Gasteiger partial charge is 0.319 e. The summed E-state index contributed by atoms with van der Waals surface area (Å²) in [5.41, 5.74) is 6.17. The molecular weight excluding hydrogens is 209 g/mol. The number of halogens is 1. The first-order valence-electron chi connectivity index (χ1n) is 5.22. The van der Waals surface area contributed by atoms with Gasteiger partial charge in [0.15, 0.2) is 0 Å². The Hall–Kier alpha value is -1.62. The van der Waals surface area contributed by atoms with Gasteiger partial charge in [0, 0.05) is 17.8 Å². The third-order valence-electron chi connectivity index (χ3n) is 2.61. The number of nitrogens with one attached hydrogen (secondary N) is 2. The molecule has 0 bridgehead atoms. The summed E-state index contributed by atoms with van der Waals surface area (Å²) in [4.78, 5) is 11.5. The zero-order chi connectivity index (χ0) is 11.5. The van der Waals surface area contributed by atoms with Crippen LogP contribution >= 0.6 is 0 Å². The summed E-state index contributed by atoms with van der Waals surface area (Å²) in [5, 5.41) is 5.41. The first-order valence-corrected chi connectivity index (χ1v) is 5.22. The van der Waals surface area contributed by atoms with Crippen LogP contribution in [0.15, 0.2) is 24.3 Å². The van der Waals surface area contributed by atoms with E-state index in [2.05, 4.69) is 10.6 Å². The summed E-state index contributed by atoms with van der Waals surface area (Å²) in [6.07, 6.45) is 1.63. The van der Waals surface area contributed by atoms with Crippen molar-refractivity contribution in [1.29, 1.82) is 0 Å². The molecule has 16 heavy (non-hydrogen) atoms. The number of carbonyl (C=O) groups excluding carboxylic acids is 1. The molecule has 1 aliphatic rings. The van der Waals surface area contributed by atoms with Gasteiger partial charge in [0.25, 0.3) is 0 Å². The van der Waals surface area contributed by atoms with Crippen molar-refractivity contribution in [2.75, 3.05) is 5.32 Å². The van der Waals surface area contributed by atoms with Crippen molar-refractivity contribution < 1.29 is 9.18 Å². The lowest BCUT2D eigenvalue weighted by Gasteiger charge is -2.32. The van der Waals surface area contributed by atoms with Gasteiger partial charge in [-0.2, -0.15) is 0 Å². The Balaban J connectivity index is 1.80. The maximum absolute atomic E-state index is 12.6. The van der Waals surface area contributed by atoms with E-state index in [1.807, 2.05) is 0 Å². The van der Waals surface area contributed by atoms with E-state index in [0.717, 1.165) is 12.8 Å². The molecule has 1 aliphatic carbocycles. The van der Waals surface area contributed by atoms with Gasteiger partial charge in [-0.05, 0) is 37.1 Å². The Bertz CT molecular complexity index is 373. The van der Waals surface area contributed by atoms with Crippen LogP contribution in [0.25, 0.3) is 0 Å². The number of benzene rings is 1. The molecule has 1 saturated carbocycles. The highest BCUT2D eigenvalue weighted by Gasteiger charge is 2.26. The molecule has 0 aromatic heterocycles.